The van der Waals surface area contributed by atoms with E-state index < -0.39 is 0 Å². The molecule has 3 aromatic carbocycles. The zero-order valence-corrected chi connectivity index (χ0v) is 17.5. The highest BCUT2D eigenvalue weighted by Crippen LogP contribution is 2.32. The number of halogens is 1. The van der Waals surface area contributed by atoms with E-state index in [9.17, 15) is 9.18 Å². The van der Waals surface area contributed by atoms with Crippen molar-refractivity contribution in [2.75, 3.05) is 31.5 Å². The predicted octanol–water partition coefficient (Wildman–Crippen LogP) is 4.29. The van der Waals surface area contributed by atoms with E-state index in [0.29, 0.717) is 28.3 Å². The van der Waals surface area contributed by atoms with E-state index in [1.165, 1.54) is 24.3 Å². The van der Waals surface area contributed by atoms with Crippen molar-refractivity contribution in [1.82, 2.24) is 15.2 Å². The Morgan fingerprint density at radius 3 is 2.62 bits per heavy atom. The molecule has 4 aromatic rings. The normalized spacial score (nSPS) is 14.5. The second-order valence-corrected chi connectivity index (χ2v) is 7.82. The van der Waals surface area contributed by atoms with Crippen LogP contribution in [0.2, 0.25) is 0 Å². The monoisotopic (exact) mass is 430 g/mol. The molecule has 5 rings (SSSR count). The lowest BCUT2D eigenvalue weighted by Gasteiger charge is -2.27. The predicted molar refractivity (Wildman–Crippen MR) is 122 cm³/mol. The summed E-state index contributed by atoms with van der Waals surface area (Å²) in [7, 11) is 0. The number of carbonyl (C=O) groups is 1. The van der Waals surface area contributed by atoms with Gasteiger partial charge in [-0.1, -0.05) is 24.3 Å². The largest absolute Gasteiger partial charge is 0.436 e. The van der Waals surface area contributed by atoms with Crippen molar-refractivity contribution in [2.24, 2.45) is 0 Å². The molecule has 0 atom stereocenters. The summed E-state index contributed by atoms with van der Waals surface area (Å²) in [6.07, 6.45) is 0. The number of rotatable bonds is 5. The number of oxazole rings is 1. The Kier molecular flexibility index (Phi) is 5.66. The number of hydrogen-bond donors (Lipinski definition) is 2. The number of nitrogens with zero attached hydrogens (tertiary/aromatic N) is 2. The summed E-state index contributed by atoms with van der Waals surface area (Å²) in [5.41, 5.74) is 4.31. The van der Waals surface area contributed by atoms with Crippen molar-refractivity contribution in [3.8, 4) is 11.5 Å². The molecule has 1 saturated heterocycles. The van der Waals surface area contributed by atoms with Crippen LogP contribution in [0.1, 0.15) is 15.9 Å². The zero-order valence-electron chi connectivity index (χ0n) is 17.5. The van der Waals surface area contributed by atoms with Crippen LogP contribution in [0, 0.1) is 5.82 Å². The Labute approximate surface area is 185 Å². The SMILES string of the molecule is O=C(Nc1ccccc1-c1nc2c(CN3CCNCC3)cccc2o1)c1ccc(F)cc1. The number of para-hydroxylation sites is 2. The van der Waals surface area contributed by atoms with E-state index in [0.717, 1.165) is 43.8 Å². The molecule has 2 heterocycles. The van der Waals surface area contributed by atoms with Crippen LogP contribution in [0.3, 0.4) is 0 Å². The van der Waals surface area contributed by atoms with E-state index >= 15 is 0 Å². The number of carbonyl (C=O) groups excluding carboxylic acids is 1. The Morgan fingerprint density at radius 2 is 1.81 bits per heavy atom. The second kappa shape index (κ2) is 8.90. The van der Waals surface area contributed by atoms with Crippen molar-refractivity contribution in [3.05, 3.63) is 83.7 Å². The summed E-state index contributed by atoms with van der Waals surface area (Å²) in [5.74, 6) is -0.263. The minimum Gasteiger partial charge on any atom is -0.436 e. The van der Waals surface area contributed by atoms with Gasteiger partial charge in [0.25, 0.3) is 5.91 Å². The highest BCUT2D eigenvalue weighted by Gasteiger charge is 2.18. The summed E-state index contributed by atoms with van der Waals surface area (Å²) in [6.45, 7) is 4.79. The van der Waals surface area contributed by atoms with Gasteiger partial charge in [0, 0.05) is 38.3 Å². The topological polar surface area (TPSA) is 70.4 Å². The van der Waals surface area contributed by atoms with Crippen LogP contribution in [-0.2, 0) is 6.54 Å². The number of fused-ring (bicyclic) bond motifs is 1. The van der Waals surface area contributed by atoms with E-state index in [1.54, 1.807) is 6.07 Å². The Morgan fingerprint density at radius 1 is 1.03 bits per heavy atom. The molecule has 1 amide bonds. The molecular weight excluding hydrogens is 407 g/mol. The second-order valence-electron chi connectivity index (χ2n) is 7.82. The summed E-state index contributed by atoms with van der Waals surface area (Å²) < 4.78 is 19.3. The molecule has 32 heavy (non-hydrogen) atoms. The highest BCUT2D eigenvalue weighted by molar-refractivity contribution is 6.06. The lowest BCUT2D eigenvalue weighted by atomic mass is 10.1. The van der Waals surface area contributed by atoms with E-state index in [4.69, 9.17) is 9.40 Å². The van der Waals surface area contributed by atoms with Crippen LogP contribution in [0.25, 0.3) is 22.6 Å². The van der Waals surface area contributed by atoms with Gasteiger partial charge >= 0.3 is 0 Å². The highest BCUT2D eigenvalue weighted by atomic mass is 19.1. The Balaban J connectivity index is 1.44. The maximum atomic E-state index is 13.2. The number of benzene rings is 3. The van der Waals surface area contributed by atoms with Crippen molar-refractivity contribution in [2.45, 2.75) is 6.54 Å². The first-order chi connectivity index (χ1) is 15.7. The van der Waals surface area contributed by atoms with E-state index in [2.05, 4.69) is 21.6 Å². The molecule has 0 spiro atoms. The Bertz CT molecular complexity index is 1250. The molecule has 0 bridgehead atoms. The molecule has 0 radical (unpaired) electrons. The number of amides is 1. The first kappa shape index (κ1) is 20.4. The number of hydrogen-bond acceptors (Lipinski definition) is 5. The molecule has 2 N–H and O–H groups in total. The number of aromatic nitrogens is 1. The summed E-state index contributed by atoms with van der Waals surface area (Å²) in [6, 6.07) is 18.8. The van der Waals surface area contributed by atoms with Gasteiger partial charge < -0.3 is 15.1 Å². The quantitative estimate of drug-likeness (QED) is 0.494. The molecule has 1 aliphatic heterocycles. The molecule has 1 aromatic heterocycles. The lowest BCUT2D eigenvalue weighted by molar-refractivity contribution is 0.102. The third-order valence-electron chi connectivity index (χ3n) is 5.62. The fraction of sp³-hybridized carbons (Fsp3) is 0.200. The third-order valence-corrected chi connectivity index (χ3v) is 5.62. The smallest absolute Gasteiger partial charge is 0.255 e. The van der Waals surface area contributed by atoms with Crippen LogP contribution in [0.5, 0.6) is 0 Å². The third kappa shape index (κ3) is 4.26. The van der Waals surface area contributed by atoms with Gasteiger partial charge in [0.05, 0.1) is 11.3 Å². The molecule has 0 aliphatic carbocycles. The van der Waals surface area contributed by atoms with Crippen molar-refractivity contribution >= 4 is 22.7 Å². The van der Waals surface area contributed by atoms with Crippen LogP contribution in [0.15, 0.2) is 71.1 Å². The maximum Gasteiger partial charge on any atom is 0.255 e. The molecule has 7 heteroatoms. The standard InChI is InChI=1S/C25H23FN4O2/c26-19-10-8-17(9-11-19)24(31)28-21-6-2-1-5-20(21)25-29-23-18(4-3-7-22(23)32-25)16-30-14-12-27-13-15-30/h1-11,27H,12-16H2,(H,28,31). The van der Waals surface area contributed by atoms with Crippen LogP contribution in [0.4, 0.5) is 10.1 Å². The summed E-state index contributed by atoms with van der Waals surface area (Å²) >= 11 is 0. The average Bonchev–Trinajstić information content (AvgIpc) is 3.26. The van der Waals surface area contributed by atoms with Gasteiger partial charge in [-0.2, -0.15) is 0 Å². The number of anilines is 1. The first-order valence-corrected chi connectivity index (χ1v) is 10.7. The van der Waals surface area contributed by atoms with E-state index in [1.807, 2.05) is 30.3 Å². The number of nitrogens with one attached hydrogen (secondary N) is 2. The molecule has 1 fully saturated rings. The summed E-state index contributed by atoms with van der Waals surface area (Å²) in [5, 5.41) is 6.26. The lowest BCUT2D eigenvalue weighted by Crippen LogP contribution is -2.42. The molecule has 162 valence electrons. The molecule has 1 aliphatic rings. The number of piperazine rings is 1. The fourth-order valence-corrected chi connectivity index (χ4v) is 3.93. The molecule has 0 unspecified atom stereocenters. The molecule has 6 nitrogen and oxygen atoms in total. The molecular formula is C25H23FN4O2. The maximum absolute atomic E-state index is 13.2. The van der Waals surface area contributed by atoms with Gasteiger partial charge in [-0.15, -0.1) is 0 Å². The zero-order chi connectivity index (χ0) is 21.9. The van der Waals surface area contributed by atoms with Crippen molar-refractivity contribution in [1.29, 1.82) is 0 Å². The minimum atomic E-state index is -0.384. The molecule has 0 saturated carbocycles. The van der Waals surface area contributed by atoms with Crippen molar-refractivity contribution in [3.63, 3.8) is 0 Å². The first-order valence-electron chi connectivity index (χ1n) is 10.7. The van der Waals surface area contributed by atoms with Gasteiger partial charge in [0.15, 0.2) is 5.58 Å². The van der Waals surface area contributed by atoms with Gasteiger partial charge in [0.2, 0.25) is 5.89 Å². The van der Waals surface area contributed by atoms with Crippen LogP contribution in [-0.4, -0.2) is 42.0 Å². The van der Waals surface area contributed by atoms with Crippen molar-refractivity contribution < 1.29 is 13.6 Å². The van der Waals surface area contributed by atoms with Crippen LogP contribution >= 0.6 is 0 Å². The minimum absolute atomic E-state index is 0.326. The van der Waals surface area contributed by atoms with E-state index in [-0.39, 0.29) is 11.7 Å². The van der Waals surface area contributed by atoms with Gasteiger partial charge in [-0.05, 0) is 48.0 Å². The fourth-order valence-electron chi connectivity index (χ4n) is 3.93. The average molecular weight is 430 g/mol. The van der Waals surface area contributed by atoms with Gasteiger partial charge in [0.1, 0.15) is 11.3 Å². The Hall–Kier alpha value is -3.55. The van der Waals surface area contributed by atoms with Gasteiger partial charge in [-0.3, -0.25) is 9.69 Å². The summed E-state index contributed by atoms with van der Waals surface area (Å²) in [4.78, 5) is 19.9. The van der Waals surface area contributed by atoms with Gasteiger partial charge in [-0.25, -0.2) is 9.37 Å². The van der Waals surface area contributed by atoms with Crippen LogP contribution < -0.4 is 10.6 Å².